The second-order valence-corrected chi connectivity index (χ2v) is 5.50. The molecule has 102 valence electrons. The molecule has 1 aliphatic rings. The van der Waals surface area contributed by atoms with Crippen LogP contribution in [-0.4, -0.2) is 36.4 Å². The van der Waals surface area contributed by atoms with Crippen LogP contribution in [0.4, 0.5) is 0 Å². The van der Waals surface area contributed by atoms with E-state index in [1.165, 1.54) is 0 Å². The first-order valence-corrected chi connectivity index (χ1v) is 6.65. The van der Waals surface area contributed by atoms with Gasteiger partial charge < -0.3 is 14.6 Å². The highest BCUT2D eigenvalue weighted by molar-refractivity contribution is 5.12. The first-order chi connectivity index (χ1) is 8.58. The zero-order valence-electron chi connectivity index (χ0n) is 11.7. The third-order valence-electron chi connectivity index (χ3n) is 4.06. The van der Waals surface area contributed by atoms with Gasteiger partial charge in [0.2, 0.25) is 5.89 Å². The van der Waals surface area contributed by atoms with E-state index in [9.17, 15) is 0 Å². The Kier molecular flexibility index (Phi) is 4.02. The van der Waals surface area contributed by atoms with Crippen molar-refractivity contribution in [2.75, 3.05) is 20.2 Å². The highest BCUT2D eigenvalue weighted by Gasteiger charge is 2.43. The van der Waals surface area contributed by atoms with E-state index < -0.39 is 0 Å². The summed E-state index contributed by atoms with van der Waals surface area (Å²) in [5.74, 6) is 2.01. The first-order valence-electron chi connectivity index (χ1n) is 6.65. The van der Waals surface area contributed by atoms with E-state index in [1.807, 2.05) is 6.92 Å². The van der Waals surface area contributed by atoms with Crippen molar-refractivity contribution >= 4 is 0 Å². The molecular formula is C13H23N3O2. The SMILES string of the molecule is COC(C)Cc1noc(C2(C(C)C)CCNC2)n1. The van der Waals surface area contributed by atoms with E-state index in [-0.39, 0.29) is 11.5 Å². The Morgan fingerprint density at radius 2 is 2.22 bits per heavy atom. The molecule has 0 bridgehead atoms. The molecule has 2 unspecified atom stereocenters. The highest BCUT2D eigenvalue weighted by Crippen LogP contribution is 2.36. The molecule has 1 aromatic rings. The lowest BCUT2D eigenvalue weighted by atomic mass is 9.76. The van der Waals surface area contributed by atoms with Gasteiger partial charge >= 0.3 is 0 Å². The largest absolute Gasteiger partial charge is 0.381 e. The fraction of sp³-hybridized carbons (Fsp3) is 0.846. The topological polar surface area (TPSA) is 60.2 Å². The summed E-state index contributed by atoms with van der Waals surface area (Å²) >= 11 is 0. The van der Waals surface area contributed by atoms with Crippen molar-refractivity contribution in [2.45, 2.75) is 45.1 Å². The predicted molar refractivity (Wildman–Crippen MR) is 68.5 cm³/mol. The Hall–Kier alpha value is -0.940. The molecule has 2 atom stereocenters. The minimum absolute atomic E-state index is 0.00155. The zero-order chi connectivity index (χ0) is 13.2. The van der Waals surface area contributed by atoms with E-state index in [4.69, 9.17) is 9.26 Å². The van der Waals surface area contributed by atoms with E-state index in [2.05, 4.69) is 29.3 Å². The molecule has 0 aliphatic carbocycles. The Labute approximate surface area is 108 Å². The fourth-order valence-electron chi connectivity index (χ4n) is 2.51. The monoisotopic (exact) mass is 253 g/mol. The lowest BCUT2D eigenvalue weighted by Gasteiger charge is -2.28. The molecule has 0 amide bonds. The number of hydrogen-bond donors (Lipinski definition) is 1. The van der Waals surface area contributed by atoms with Crippen LogP contribution in [0.15, 0.2) is 4.52 Å². The lowest BCUT2D eigenvalue weighted by molar-refractivity contribution is 0.116. The van der Waals surface area contributed by atoms with Crippen LogP contribution in [-0.2, 0) is 16.6 Å². The van der Waals surface area contributed by atoms with Crippen LogP contribution in [0.2, 0.25) is 0 Å². The molecule has 2 heterocycles. The lowest BCUT2D eigenvalue weighted by Crippen LogP contribution is -2.35. The van der Waals surface area contributed by atoms with Gasteiger partial charge in [-0.05, 0) is 25.8 Å². The maximum Gasteiger partial charge on any atom is 0.234 e. The Bertz CT molecular complexity index is 383. The van der Waals surface area contributed by atoms with Crippen molar-refractivity contribution in [1.29, 1.82) is 0 Å². The minimum atomic E-state index is 0.00155. The predicted octanol–water partition coefficient (Wildman–Crippen LogP) is 1.53. The van der Waals surface area contributed by atoms with Crippen molar-refractivity contribution < 1.29 is 9.26 Å². The molecule has 1 N–H and O–H groups in total. The van der Waals surface area contributed by atoms with E-state index in [1.54, 1.807) is 7.11 Å². The molecule has 0 radical (unpaired) electrons. The van der Waals surface area contributed by atoms with Crippen molar-refractivity contribution in [1.82, 2.24) is 15.5 Å². The van der Waals surface area contributed by atoms with E-state index in [0.717, 1.165) is 31.2 Å². The van der Waals surface area contributed by atoms with Crippen LogP contribution in [0.3, 0.4) is 0 Å². The summed E-state index contributed by atoms with van der Waals surface area (Å²) in [5.41, 5.74) is 0.00155. The van der Waals surface area contributed by atoms with Gasteiger partial charge in [0.15, 0.2) is 5.82 Å². The second-order valence-electron chi connectivity index (χ2n) is 5.50. The number of methoxy groups -OCH3 is 1. The van der Waals surface area contributed by atoms with Crippen LogP contribution in [0.5, 0.6) is 0 Å². The van der Waals surface area contributed by atoms with Gasteiger partial charge in [-0.15, -0.1) is 0 Å². The van der Waals surface area contributed by atoms with Crippen molar-refractivity contribution in [3.8, 4) is 0 Å². The average Bonchev–Trinajstić information content (AvgIpc) is 2.97. The summed E-state index contributed by atoms with van der Waals surface area (Å²) in [6, 6.07) is 0. The number of ether oxygens (including phenoxy) is 1. The van der Waals surface area contributed by atoms with Gasteiger partial charge in [0, 0.05) is 20.1 Å². The summed E-state index contributed by atoms with van der Waals surface area (Å²) in [6.07, 6.45) is 1.88. The third-order valence-corrected chi connectivity index (χ3v) is 4.06. The Morgan fingerprint density at radius 3 is 2.78 bits per heavy atom. The Morgan fingerprint density at radius 1 is 1.44 bits per heavy atom. The molecular weight excluding hydrogens is 230 g/mol. The summed E-state index contributed by atoms with van der Waals surface area (Å²) in [4.78, 5) is 4.58. The van der Waals surface area contributed by atoms with Gasteiger partial charge in [0.25, 0.3) is 0 Å². The Balaban J connectivity index is 2.17. The summed E-state index contributed by atoms with van der Waals surface area (Å²) in [5, 5.41) is 7.48. The van der Waals surface area contributed by atoms with Gasteiger partial charge in [0.1, 0.15) is 0 Å². The van der Waals surface area contributed by atoms with Crippen molar-refractivity contribution in [3.05, 3.63) is 11.7 Å². The quantitative estimate of drug-likeness (QED) is 0.862. The van der Waals surface area contributed by atoms with Gasteiger partial charge in [-0.2, -0.15) is 4.98 Å². The van der Waals surface area contributed by atoms with Crippen LogP contribution in [0, 0.1) is 5.92 Å². The van der Waals surface area contributed by atoms with Crippen LogP contribution < -0.4 is 5.32 Å². The maximum atomic E-state index is 5.50. The van der Waals surface area contributed by atoms with Crippen LogP contribution in [0.1, 0.15) is 38.9 Å². The number of nitrogens with zero attached hydrogens (tertiary/aromatic N) is 2. The second kappa shape index (κ2) is 5.36. The smallest absolute Gasteiger partial charge is 0.234 e. The molecule has 1 aliphatic heterocycles. The number of aromatic nitrogens is 2. The molecule has 1 aromatic heterocycles. The molecule has 0 saturated carbocycles. The molecule has 0 spiro atoms. The number of hydrogen-bond acceptors (Lipinski definition) is 5. The van der Waals surface area contributed by atoms with Gasteiger partial charge in [-0.25, -0.2) is 0 Å². The third kappa shape index (κ3) is 2.42. The first kappa shape index (κ1) is 13.5. The average molecular weight is 253 g/mol. The van der Waals surface area contributed by atoms with Crippen molar-refractivity contribution in [2.24, 2.45) is 5.92 Å². The summed E-state index contributed by atoms with van der Waals surface area (Å²) in [7, 11) is 1.70. The standard InChI is InChI=1S/C13H23N3O2/c1-9(2)13(5-6-14-8-13)12-15-11(16-18-12)7-10(3)17-4/h9-10,14H,5-8H2,1-4H3. The van der Waals surface area contributed by atoms with Crippen LogP contribution >= 0.6 is 0 Å². The zero-order valence-corrected chi connectivity index (χ0v) is 11.7. The number of rotatable bonds is 5. The maximum absolute atomic E-state index is 5.50. The van der Waals surface area contributed by atoms with Crippen molar-refractivity contribution in [3.63, 3.8) is 0 Å². The van der Waals surface area contributed by atoms with Gasteiger partial charge in [0.05, 0.1) is 11.5 Å². The molecule has 5 nitrogen and oxygen atoms in total. The fourth-order valence-corrected chi connectivity index (χ4v) is 2.51. The van der Waals surface area contributed by atoms with Crippen LogP contribution in [0.25, 0.3) is 0 Å². The summed E-state index contributed by atoms with van der Waals surface area (Å²) in [6.45, 7) is 8.38. The summed E-state index contributed by atoms with van der Waals surface area (Å²) < 4.78 is 10.7. The van der Waals surface area contributed by atoms with Gasteiger partial charge in [-0.1, -0.05) is 19.0 Å². The number of nitrogens with one attached hydrogen (secondary N) is 1. The van der Waals surface area contributed by atoms with Gasteiger partial charge in [-0.3, -0.25) is 0 Å². The van der Waals surface area contributed by atoms with E-state index in [0.29, 0.717) is 12.3 Å². The molecule has 18 heavy (non-hydrogen) atoms. The molecule has 0 aromatic carbocycles. The minimum Gasteiger partial charge on any atom is -0.381 e. The van der Waals surface area contributed by atoms with E-state index >= 15 is 0 Å². The normalized spacial score (nSPS) is 25.8. The molecule has 1 saturated heterocycles. The molecule has 1 fully saturated rings. The molecule has 2 rings (SSSR count). The molecule has 5 heteroatoms. The highest BCUT2D eigenvalue weighted by atomic mass is 16.5.